The first-order valence-electron chi connectivity index (χ1n) is 8.08. The molecular formula is C19H23ClN4O. The zero-order valence-electron chi connectivity index (χ0n) is 14.9. The number of ether oxygens (including phenoxy) is 1. The molecule has 5 nitrogen and oxygen atoms in total. The van der Waals surface area contributed by atoms with Crippen LogP contribution in [0.4, 0.5) is 5.69 Å². The second-order valence-electron chi connectivity index (χ2n) is 6.89. The summed E-state index contributed by atoms with van der Waals surface area (Å²) >= 11 is 0. The zero-order valence-corrected chi connectivity index (χ0v) is 15.7. The number of halogens is 1. The highest BCUT2D eigenvalue weighted by atomic mass is 35.5. The summed E-state index contributed by atoms with van der Waals surface area (Å²) in [5.74, 6) is 0.677. The standard InChI is InChI=1S/C19H22N4O.ClH/c1-12(2)13-7-5-6-8-17(13)23-18(21)15(10-20)14-9-19(3,4)24-11-16(14)22-23;/h5-9,12H,11,21H2,1-4H3;1H. The minimum Gasteiger partial charge on any atom is -0.383 e. The Morgan fingerprint density at radius 2 is 2.00 bits per heavy atom. The number of fused-ring (bicyclic) bond motifs is 1. The summed E-state index contributed by atoms with van der Waals surface area (Å²) in [7, 11) is 0. The van der Waals surface area contributed by atoms with Gasteiger partial charge in [0, 0.05) is 5.57 Å². The van der Waals surface area contributed by atoms with Crippen LogP contribution in [0.2, 0.25) is 0 Å². The molecule has 0 unspecified atom stereocenters. The molecule has 0 saturated heterocycles. The van der Waals surface area contributed by atoms with Crippen molar-refractivity contribution in [3.05, 3.63) is 52.9 Å². The first kappa shape index (κ1) is 19.0. The molecule has 3 rings (SSSR count). The fraction of sp³-hybridized carbons (Fsp3) is 0.368. The Morgan fingerprint density at radius 3 is 2.64 bits per heavy atom. The second-order valence-corrected chi connectivity index (χ2v) is 6.89. The summed E-state index contributed by atoms with van der Waals surface area (Å²) in [6, 6.07) is 10.2. The summed E-state index contributed by atoms with van der Waals surface area (Å²) in [5.41, 5.74) is 9.89. The number of anilines is 1. The average Bonchev–Trinajstić information content (AvgIpc) is 2.54. The SMILES string of the molecule is CC(C)c1ccccc1N1N=C2COC(C)(C)C=C2C(C#N)=C1N.Cl. The molecule has 0 atom stereocenters. The lowest BCUT2D eigenvalue weighted by Crippen LogP contribution is -2.39. The van der Waals surface area contributed by atoms with Crippen molar-refractivity contribution in [3.8, 4) is 6.07 Å². The third kappa shape index (κ3) is 3.41. The van der Waals surface area contributed by atoms with E-state index in [0.717, 1.165) is 22.5 Å². The molecule has 0 fully saturated rings. The molecule has 2 N–H and O–H groups in total. The number of allylic oxidation sites excluding steroid dienone is 1. The summed E-state index contributed by atoms with van der Waals surface area (Å²) in [6.07, 6.45) is 1.92. The Labute approximate surface area is 154 Å². The van der Waals surface area contributed by atoms with Gasteiger partial charge in [0.1, 0.15) is 17.5 Å². The molecule has 25 heavy (non-hydrogen) atoms. The summed E-state index contributed by atoms with van der Waals surface area (Å²) in [4.78, 5) is 0. The fourth-order valence-electron chi connectivity index (χ4n) is 2.99. The van der Waals surface area contributed by atoms with Gasteiger partial charge in [-0.25, -0.2) is 5.01 Å². The topological polar surface area (TPSA) is 74.6 Å². The summed E-state index contributed by atoms with van der Waals surface area (Å²) < 4.78 is 5.82. The van der Waals surface area contributed by atoms with Gasteiger partial charge in [-0.2, -0.15) is 10.4 Å². The molecule has 0 saturated carbocycles. The highest BCUT2D eigenvalue weighted by molar-refractivity contribution is 6.08. The third-order valence-electron chi connectivity index (χ3n) is 4.26. The lowest BCUT2D eigenvalue weighted by molar-refractivity contribution is 0.0409. The third-order valence-corrected chi connectivity index (χ3v) is 4.26. The molecule has 132 valence electrons. The van der Waals surface area contributed by atoms with Crippen molar-refractivity contribution in [1.82, 2.24) is 0 Å². The normalized spacial score (nSPS) is 18.8. The number of rotatable bonds is 2. The van der Waals surface area contributed by atoms with E-state index in [1.165, 1.54) is 0 Å². The van der Waals surface area contributed by atoms with Crippen LogP contribution in [0, 0.1) is 11.3 Å². The van der Waals surface area contributed by atoms with Crippen LogP contribution in [-0.4, -0.2) is 17.9 Å². The first-order valence-corrected chi connectivity index (χ1v) is 8.08. The molecule has 0 radical (unpaired) electrons. The van der Waals surface area contributed by atoms with Gasteiger partial charge in [-0.1, -0.05) is 32.0 Å². The molecular weight excluding hydrogens is 336 g/mol. The van der Waals surface area contributed by atoms with Crippen LogP contribution in [0.5, 0.6) is 0 Å². The molecule has 0 spiro atoms. The second kappa shape index (κ2) is 6.91. The lowest BCUT2D eigenvalue weighted by atomic mass is 9.92. The van der Waals surface area contributed by atoms with Crippen LogP contribution in [0.1, 0.15) is 39.2 Å². The minimum atomic E-state index is -0.436. The minimum absolute atomic E-state index is 0. The van der Waals surface area contributed by atoms with E-state index in [-0.39, 0.29) is 12.4 Å². The van der Waals surface area contributed by atoms with Crippen molar-refractivity contribution in [2.75, 3.05) is 11.6 Å². The Balaban J connectivity index is 0.00000225. The van der Waals surface area contributed by atoms with Crippen molar-refractivity contribution < 1.29 is 4.74 Å². The highest BCUT2D eigenvalue weighted by Crippen LogP contribution is 2.35. The molecule has 0 bridgehead atoms. The number of hydrogen-bond donors (Lipinski definition) is 1. The van der Waals surface area contributed by atoms with Crippen LogP contribution >= 0.6 is 12.4 Å². The summed E-state index contributed by atoms with van der Waals surface area (Å²) in [5, 5.41) is 16.0. The maximum absolute atomic E-state index is 9.66. The number of para-hydroxylation sites is 1. The maximum Gasteiger partial charge on any atom is 0.144 e. The largest absolute Gasteiger partial charge is 0.383 e. The molecule has 0 amide bonds. The smallest absolute Gasteiger partial charge is 0.144 e. The zero-order chi connectivity index (χ0) is 17.5. The highest BCUT2D eigenvalue weighted by Gasteiger charge is 2.33. The van der Waals surface area contributed by atoms with E-state index < -0.39 is 5.60 Å². The van der Waals surface area contributed by atoms with Gasteiger partial charge in [-0.15, -0.1) is 12.4 Å². The molecule has 2 aliphatic heterocycles. The van der Waals surface area contributed by atoms with E-state index in [1.807, 2.05) is 38.1 Å². The fourth-order valence-corrected chi connectivity index (χ4v) is 2.99. The van der Waals surface area contributed by atoms with Gasteiger partial charge in [0.05, 0.1) is 23.6 Å². The monoisotopic (exact) mass is 358 g/mol. The lowest BCUT2D eigenvalue weighted by Gasteiger charge is -2.35. The van der Waals surface area contributed by atoms with Crippen molar-refractivity contribution in [1.29, 1.82) is 5.26 Å². The molecule has 2 heterocycles. The van der Waals surface area contributed by atoms with Gasteiger partial charge in [0.15, 0.2) is 0 Å². The van der Waals surface area contributed by atoms with Gasteiger partial charge in [0.2, 0.25) is 0 Å². The molecule has 1 aromatic carbocycles. The van der Waals surface area contributed by atoms with E-state index in [0.29, 0.717) is 23.9 Å². The number of nitrogens with zero attached hydrogens (tertiary/aromatic N) is 3. The van der Waals surface area contributed by atoms with Crippen LogP contribution in [0.25, 0.3) is 0 Å². The van der Waals surface area contributed by atoms with Crippen molar-refractivity contribution >= 4 is 23.8 Å². The maximum atomic E-state index is 9.66. The summed E-state index contributed by atoms with van der Waals surface area (Å²) in [6.45, 7) is 8.53. The van der Waals surface area contributed by atoms with E-state index in [2.05, 4.69) is 31.1 Å². The van der Waals surface area contributed by atoms with E-state index >= 15 is 0 Å². The van der Waals surface area contributed by atoms with Crippen LogP contribution in [0.15, 0.2) is 52.4 Å². The Bertz CT molecular complexity index is 815. The van der Waals surface area contributed by atoms with E-state index in [1.54, 1.807) is 5.01 Å². The van der Waals surface area contributed by atoms with Gasteiger partial charge in [0.25, 0.3) is 0 Å². The molecule has 1 aromatic rings. The Morgan fingerprint density at radius 1 is 1.32 bits per heavy atom. The number of nitrogens with two attached hydrogens (primary N) is 1. The van der Waals surface area contributed by atoms with Gasteiger partial charge >= 0.3 is 0 Å². The van der Waals surface area contributed by atoms with Crippen LogP contribution in [-0.2, 0) is 4.74 Å². The average molecular weight is 359 g/mol. The Hall–Kier alpha value is -2.29. The molecule has 2 aliphatic rings. The van der Waals surface area contributed by atoms with Crippen molar-refractivity contribution in [2.24, 2.45) is 10.8 Å². The molecule has 0 aromatic heterocycles. The van der Waals surface area contributed by atoms with Gasteiger partial charge in [-0.05, 0) is 37.5 Å². The number of benzene rings is 1. The number of hydrogen-bond acceptors (Lipinski definition) is 5. The number of hydrazone groups is 1. The quantitative estimate of drug-likeness (QED) is 0.871. The Kier molecular flexibility index (Phi) is 5.26. The van der Waals surface area contributed by atoms with Crippen LogP contribution < -0.4 is 10.7 Å². The van der Waals surface area contributed by atoms with Crippen molar-refractivity contribution in [3.63, 3.8) is 0 Å². The predicted molar refractivity (Wildman–Crippen MR) is 103 cm³/mol. The first-order chi connectivity index (χ1) is 11.3. The van der Waals surface area contributed by atoms with E-state index in [9.17, 15) is 5.26 Å². The molecule has 6 heteroatoms. The van der Waals surface area contributed by atoms with Crippen molar-refractivity contribution in [2.45, 2.75) is 39.2 Å². The van der Waals surface area contributed by atoms with E-state index in [4.69, 9.17) is 10.5 Å². The molecule has 0 aliphatic carbocycles. The van der Waals surface area contributed by atoms with Crippen LogP contribution in [0.3, 0.4) is 0 Å². The van der Waals surface area contributed by atoms with Gasteiger partial charge in [-0.3, -0.25) is 0 Å². The van der Waals surface area contributed by atoms with Gasteiger partial charge < -0.3 is 10.5 Å². The number of nitriles is 1. The predicted octanol–water partition coefficient (Wildman–Crippen LogP) is 3.84.